The Labute approximate surface area is 137 Å². The Balaban J connectivity index is 1.58. The summed E-state index contributed by atoms with van der Waals surface area (Å²) < 4.78 is 5.14. The molecule has 1 aliphatic carbocycles. The van der Waals surface area contributed by atoms with Gasteiger partial charge in [-0.1, -0.05) is 37.3 Å². The number of nitrogens with zero attached hydrogens (tertiary/aromatic N) is 1. The highest BCUT2D eigenvalue weighted by atomic mass is 16.5. The highest BCUT2D eigenvalue weighted by Crippen LogP contribution is 2.44. The summed E-state index contributed by atoms with van der Waals surface area (Å²) in [6, 6.07) is 18.6. The van der Waals surface area contributed by atoms with Crippen LogP contribution in [-0.2, 0) is 5.41 Å². The Bertz CT molecular complexity index is 674. The topological polar surface area (TPSA) is 59.6 Å². The van der Waals surface area contributed by atoms with Crippen LogP contribution < -0.4 is 15.8 Å². The highest BCUT2D eigenvalue weighted by Gasteiger charge is 2.41. The SMILES string of the molecule is COc1ccc(NC(N)=NC2CC(C)(c3ccccc3)C2)cc1. The summed E-state index contributed by atoms with van der Waals surface area (Å²) in [6.07, 6.45) is 2.06. The van der Waals surface area contributed by atoms with Crippen LogP contribution in [0.4, 0.5) is 5.69 Å². The second kappa shape index (κ2) is 6.32. The molecule has 1 aliphatic rings. The zero-order chi connectivity index (χ0) is 16.3. The van der Waals surface area contributed by atoms with Crippen LogP contribution in [0.5, 0.6) is 5.75 Å². The second-order valence-electron chi connectivity index (χ2n) is 6.36. The van der Waals surface area contributed by atoms with E-state index in [1.54, 1.807) is 7.11 Å². The van der Waals surface area contributed by atoms with Crippen molar-refractivity contribution in [3.05, 3.63) is 60.2 Å². The highest BCUT2D eigenvalue weighted by molar-refractivity contribution is 5.92. The van der Waals surface area contributed by atoms with Gasteiger partial charge in [0.25, 0.3) is 0 Å². The Morgan fingerprint density at radius 3 is 2.39 bits per heavy atom. The molecule has 1 saturated carbocycles. The van der Waals surface area contributed by atoms with Crippen molar-refractivity contribution in [1.29, 1.82) is 0 Å². The maximum absolute atomic E-state index is 6.02. The maximum atomic E-state index is 6.02. The van der Waals surface area contributed by atoms with Gasteiger partial charge >= 0.3 is 0 Å². The molecule has 120 valence electrons. The number of nitrogens with two attached hydrogens (primary N) is 1. The van der Waals surface area contributed by atoms with Crippen molar-refractivity contribution in [3.8, 4) is 5.75 Å². The number of guanidine groups is 1. The molecular weight excluding hydrogens is 286 g/mol. The summed E-state index contributed by atoms with van der Waals surface area (Å²) in [6.45, 7) is 2.29. The molecule has 2 aromatic rings. The number of hydrogen-bond donors (Lipinski definition) is 2. The molecule has 4 nitrogen and oxygen atoms in total. The first kappa shape index (κ1) is 15.4. The average Bonchev–Trinajstić information content (AvgIpc) is 2.55. The van der Waals surface area contributed by atoms with Crippen molar-refractivity contribution in [3.63, 3.8) is 0 Å². The molecule has 0 atom stereocenters. The first-order valence-corrected chi connectivity index (χ1v) is 7.89. The fourth-order valence-corrected chi connectivity index (χ4v) is 3.20. The number of anilines is 1. The molecule has 0 amide bonds. The van der Waals surface area contributed by atoms with Gasteiger partial charge in [-0.3, -0.25) is 0 Å². The normalized spacial score (nSPS) is 23.9. The number of benzene rings is 2. The van der Waals surface area contributed by atoms with E-state index in [9.17, 15) is 0 Å². The van der Waals surface area contributed by atoms with Crippen molar-refractivity contribution in [2.75, 3.05) is 12.4 Å². The molecule has 0 unspecified atom stereocenters. The van der Waals surface area contributed by atoms with E-state index in [2.05, 4.69) is 47.6 Å². The van der Waals surface area contributed by atoms with Gasteiger partial charge in [-0.05, 0) is 48.1 Å². The smallest absolute Gasteiger partial charge is 0.193 e. The largest absolute Gasteiger partial charge is 0.497 e. The number of aliphatic imine (C=N–C) groups is 1. The van der Waals surface area contributed by atoms with Gasteiger partial charge < -0.3 is 15.8 Å². The van der Waals surface area contributed by atoms with E-state index in [-0.39, 0.29) is 11.5 Å². The third-order valence-electron chi connectivity index (χ3n) is 4.53. The molecule has 4 heteroatoms. The van der Waals surface area contributed by atoms with E-state index < -0.39 is 0 Å². The minimum absolute atomic E-state index is 0.218. The summed E-state index contributed by atoms with van der Waals surface area (Å²) in [5, 5.41) is 3.13. The molecule has 1 fully saturated rings. The van der Waals surface area contributed by atoms with Gasteiger partial charge in [-0.2, -0.15) is 0 Å². The van der Waals surface area contributed by atoms with Gasteiger partial charge in [-0.25, -0.2) is 4.99 Å². The Hall–Kier alpha value is -2.49. The van der Waals surface area contributed by atoms with E-state index >= 15 is 0 Å². The lowest BCUT2D eigenvalue weighted by Gasteiger charge is -2.44. The predicted octanol–water partition coefficient (Wildman–Crippen LogP) is 3.54. The molecule has 23 heavy (non-hydrogen) atoms. The monoisotopic (exact) mass is 309 g/mol. The standard InChI is InChI=1S/C19H23N3O/c1-19(14-6-4-3-5-7-14)12-16(13-19)22-18(20)21-15-8-10-17(23-2)11-9-15/h3-11,16H,12-13H2,1-2H3,(H3,20,21,22). The van der Waals surface area contributed by atoms with Crippen molar-refractivity contribution < 1.29 is 4.74 Å². The number of ether oxygens (including phenoxy) is 1. The van der Waals surface area contributed by atoms with E-state index in [4.69, 9.17) is 10.5 Å². The number of rotatable bonds is 4. The minimum Gasteiger partial charge on any atom is -0.497 e. The van der Waals surface area contributed by atoms with Crippen molar-refractivity contribution in [2.45, 2.75) is 31.2 Å². The van der Waals surface area contributed by atoms with Gasteiger partial charge in [0.1, 0.15) is 5.75 Å². The molecule has 0 heterocycles. The molecule has 0 aromatic heterocycles. The van der Waals surface area contributed by atoms with Gasteiger partial charge in [0.2, 0.25) is 0 Å². The molecule has 0 aliphatic heterocycles. The zero-order valence-corrected chi connectivity index (χ0v) is 13.6. The number of nitrogens with one attached hydrogen (secondary N) is 1. The van der Waals surface area contributed by atoms with Gasteiger partial charge in [0, 0.05) is 5.69 Å². The lowest BCUT2D eigenvalue weighted by Crippen LogP contribution is -2.42. The van der Waals surface area contributed by atoms with Crippen LogP contribution in [0, 0.1) is 0 Å². The first-order valence-electron chi connectivity index (χ1n) is 7.89. The molecule has 2 aromatic carbocycles. The quantitative estimate of drug-likeness (QED) is 0.671. The maximum Gasteiger partial charge on any atom is 0.193 e. The Morgan fingerprint density at radius 2 is 1.78 bits per heavy atom. The number of methoxy groups -OCH3 is 1. The van der Waals surface area contributed by atoms with E-state index in [0.717, 1.165) is 24.3 Å². The summed E-state index contributed by atoms with van der Waals surface area (Å²) in [5.74, 6) is 1.29. The zero-order valence-electron chi connectivity index (χ0n) is 13.6. The van der Waals surface area contributed by atoms with Crippen LogP contribution in [0.3, 0.4) is 0 Å². The van der Waals surface area contributed by atoms with Crippen LogP contribution in [-0.4, -0.2) is 19.1 Å². The van der Waals surface area contributed by atoms with E-state index in [0.29, 0.717) is 5.96 Å². The lowest BCUT2D eigenvalue weighted by molar-refractivity contribution is 0.229. The predicted molar refractivity (Wildman–Crippen MR) is 95.1 cm³/mol. The summed E-state index contributed by atoms with van der Waals surface area (Å²) >= 11 is 0. The Kier molecular flexibility index (Phi) is 4.24. The van der Waals surface area contributed by atoms with Crippen LogP contribution in [0.25, 0.3) is 0 Å². The summed E-state index contributed by atoms with van der Waals surface area (Å²) in [7, 11) is 1.65. The summed E-state index contributed by atoms with van der Waals surface area (Å²) in [5.41, 5.74) is 8.54. The van der Waals surface area contributed by atoms with Gasteiger partial charge in [0.05, 0.1) is 13.2 Å². The summed E-state index contributed by atoms with van der Waals surface area (Å²) in [4.78, 5) is 4.59. The molecule has 0 spiro atoms. The molecular formula is C19H23N3O. The van der Waals surface area contributed by atoms with Crippen LogP contribution in [0.15, 0.2) is 59.6 Å². The second-order valence-corrected chi connectivity index (χ2v) is 6.36. The lowest BCUT2D eigenvalue weighted by atomic mass is 9.63. The Morgan fingerprint density at radius 1 is 1.13 bits per heavy atom. The third kappa shape index (κ3) is 3.47. The third-order valence-corrected chi connectivity index (χ3v) is 4.53. The van der Waals surface area contributed by atoms with E-state index in [1.807, 2.05) is 24.3 Å². The van der Waals surface area contributed by atoms with Gasteiger partial charge in [0.15, 0.2) is 5.96 Å². The van der Waals surface area contributed by atoms with Crippen molar-refractivity contribution in [1.82, 2.24) is 0 Å². The van der Waals surface area contributed by atoms with Crippen molar-refractivity contribution in [2.24, 2.45) is 10.7 Å². The minimum atomic E-state index is 0.218. The fraction of sp³-hybridized carbons (Fsp3) is 0.316. The molecule has 0 radical (unpaired) electrons. The molecule has 3 rings (SSSR count). The van der Waals surface area contributed by atoms with Gasteiger partial charge in [-0.15, -0.1) is 0 Å². The molecule has 0 bridgehead atoms. The van der Waals surface area contributed by atoms with Crippen LogP contribution in [0.2, 0.25) is 0 Å². The average molecular weight is 309 g/mol. The number of hydrogen-bond acceptors (Lipinski definition) is 2. The van der Waals surface area contributed by atoms with Crippen LogP contribution >= 0.6 is 0 Å². The van der Waals surface area contributed by atoms with Crippen LogP contribution in [0.1, 0.15) is 25.3 Å². The van der Waals surface area contributed by atoms with Crippen molar-refractivity contribution >= 4 is 11.6 Å². The first-order chi connectivity index (χ1) is 11.1. The fourth-order valence-electron chi connectivity index (χ4n) is 3.20. The molecule has 0 saturated heterocycles. The molecule has 3 N–H and O–H groups in total. The van der Waals surface area contributed by atoms with E-state index in [1.165, 1.54) is 5.56 Å².